The van der Waals surface area contributed by atoms with Crippen molar-refractivity contribution in [3.8, 4) is 0 Å². The van der Waals surface area contributed by atoms with Crippen LogP contribution in [0.2, 0.25) is 0 Å². The number of aryl methyl sites for hydroxylation is 1. The third-order valence-electron chi connectivity index (χ3n) is 3.05. The summed E-state index contributed by atoms with van der Waals surface area (Å²) < 4.78 is 3.15. The summed E-state index contributed by atoms with van der Waals surface area (Å²) in [4.78, 5) is 16.3. The van der Waals surface area contributed by atoms with E-state index in [0.29, 0.717) is 6.54 Å². The van der Waals surface area contributed by atoms with Crippen molar-refractivity contribution in [2.45, 2.75) is 20.0 Å². The molecule has 1 amide bonds. The molecule has 108 valence electrons. The Kier molecular flexibility index (Phi) is 3.22. The average Bonchev–Trinajstić information content (AvgIpc) is 3.04. The van der Waals surface area contributed by atoms with Gasteiger partial charge < -0.3 is 15.5 Å². The molecule has 3 heterocycles. The second kappa shape index (κ2) is 5.19. The number of aromatic nitrogens is 6. The normalized spacial score (nSPS) is 10.9. The van der Waals surface area contributed by atoms with Crippen molar-refractivity contribution in [2.75, 3.05) is 5.73 Å². The first-order chi connectivity index (χ1) is 10.1. The molecule has 0 aliphatic carbocycles. The van der Waals surface area contributed by atoms with Gasteiger partial charge in [-0.15, -0.1) is 0 Å². The number of hydrogen-bond acceptors (Lipinski definition) is 6. The van der Waals surface area contributed by atoms with E-state index in [0.717, 1.165) is 16.9 Å². The molecule has 0 saturated heterocycles. The summed E-state index contributed by atoms with van der Waals surface area (Å²) in [5.74, 6) is -0.128. The lowest BCUT2D eigenvalue weighted by atomic mass is 10.3. The number of nitrogen functional groups attached to an aromatic ring is 1. The second-order valence-corrected chi connectivity index (χ2v) is 4.63. The number of hydrogen-bond donors (Lipinski definition) is 2. The molecule has 0 aliphatic rings. The van der Waals surface area contributed by atoms with Crippen molar-refractivity contribution in [3.05, 3.63) is 35.8 Å². The summed E-state index contributed by atoms with van der Waals surface area (Å²) in [5.41, 5.74) is 8.24. The number of fused-ring (bicyclic) bond motifs is 1. The van der Waals surface area contributed by atoms with E-state index in [1.165, 1.54) is 4.68 Å². The molecule has 9 nitrogen and oxygen atoms in total. The highest BCUT2D eigenvalue weighted by atomic mass is 16.2. The van der Waals surface area contributed by atoms with Crippen LogP contribution in [0.3, 0.4) is 0 Å². The van der Waals surface area contributed by atoms with Crippen LogP contribution in [0.4, 0.5) is 5.95 Å². The number of rotatable bonds is 4. The van der Waals surface area contributed by atoms with Gasteiger partial charge in [0, 0.05) is 12.4 Å². The van der Waals surface area contributed by atoms with Gasteiger partial charge >= 0.3 is 0 Å². The third kappa shape index (κ3) is 2.66. The summed E-state index contributed by atoms with van der Waals surface area (Å²) in [7, 11) is 0. The first-order valence-corrected chi connectivity index (χ1v) is 6.35. The molecule has 0 spiro atoms. The molecule has 3 aromatic rings. The molecular weight excluding hydrogens is 272 g/mol. The van der Waals surface area contributed by atoms with Crippen LogP contribution in [0, 0.1) is 6.92 Å². The van der Waals surface area contributed by atoms with E-state index in [9.17, 15) is 4.79 Å². The number of amides is 1. The molecule has 3 aromatic heterocycles. The van der Waals surface area contributed by atoms with E-state index in [-0.39, 0.29) is 18.4 Å². The van der Waals surface area contributed by atoms with Gasteiger partial charge in [0.2, 0.25) is 11.9 Å². The zero-order valence-corrected chi connectivity index (χ0v) is 11.4. The largest absolute Gasteiger partial charge is 0.367 e. The van der Waals surface area contributed by atoms with Crippen molar-refractivity contribution in [2.24, 2.45) is 0 Å². The maximum Gasteiger partial charge on any atom is 0.242 e. The maximum absolute atomic E-state index is 11.8. The molecule has 0 atom stereocenters. The molecule has 0 aromatic carbocycles. The Hall–Kier alpha value is -2.97. The molecule has 0 unspecified atom stereocenters. The lowest BCUT2D eigenvalue weighted by Gasteiger charge is -2.03. The van der Waals surface area contributed by atoms with Gasteiger partial charge in [0.1, 0.15) is 12.2 Å². The summed E-state index contributed by atoms with van der Waals surface area (Å²) in [6.07, 6.45) is 3.80. The first kappa shape index (κ1) is 13.0. The van der Waals surface area contributed by atoms with Gasteiger partial charge in [-0.05, 0) is 29.0 Å². The fourth-order valence-corrected chi connectivity index (χ4v) is 1.99. The Bertz CT molecular complexity index is 790. The SMILES string of the molecule is Cc1cccn2cc(CNC(=O)Cn3nnnc3N)nc12. The topological polar surface area (TPSA) is 116 Å². The molecule has 0 radical (unpaired) electrons. The first-order valence-electron chi connectivity index (χ1n) is 6.35. The minimum Gasteiger partial charge on any atom is -0.367 e. The standard InChI is InChI=1S/C12H14N8O/c1-8-3-2-4-19-6-9(15-11(8)19)5-14-10(21)7-20-12(13)16-17-18-20/h2-4,6H,5,7H2,1H3,(H,14,21)(H2,13,16,18). The average molecular weight is 286 g/mol. The van der Waals surface area contributed by atoms with Crippen LogP contribution in [0.5, 0.6) is 0 Å². The summed E-state index contributed by atoms with van der Waals surface area (Å²) in [6.45, 7) is 2.30. The van der Waals surface area contributed by atoms with Crippen LogP contribution in [0.1, 0.15) is 11.3 Å². The van der Waals surface area contributed by atoms with Gasteiger partial charge in [-0.1, -0.05) is 11.2 Å². The van der Waals surface area contributed by atoms with Crippen LogP contribution >= 0.6 is 0 Å². The van der Waals surface area contributed by atoms with Gasteiger partial charge in [0.25, 0.3) is 0 Å². The number of imidazole rings is 1. The smallest absolute Gasteiger partial charge is 0.242 e. The number of nitrogens with two attached hydrogens (primary N) is 1. The fraction of sp³-hybridized carbons (Fsp3) is 0.250. The molecule has 0 saturated carbocycles. The molecule has 0 bridgehead atoms. The number of nitrogens with zero attached hydrogens (tertiary/aromatic N) is 6. The quantitative estimate of drug-likeness (QED) is 0.669. The van der Waals surface area contributed by atoms with Crippen LogP contribution in [-0.4, -0.2) is 35.5 Å². The molecule has 9 heteroatoms. The summed E-state index contributed by atoms with van der Waals surface area (Å²) in [5, 5.41) is 13.2. The number of carbonyl (C=O) groups is 1. The third-order valence-corrected chi connectivity index (χ3v) is 3.05. The minimum absolute atomic E-state index is 0.0226. The van der Waals surface area contributed by atoms with Crippen molar-refractivity contribution in [1.29, 1.82) is 0 Å². The Morgan fingerprint density at radius 3 is 3.05 bits per heavy atom. The Balaban J connectivity index is 1.65. The van der Waals surface area contributed by atoms with Crippen LogP contribution in [0.25, 0.3) is 5.65 Å². The van der Waals surface area contributed by atoms with Crippen molar-refractivity contribution >= 4 is 17.5 Å². The summed E-state index contributed by atoms with van der Waals surface area (Å²) in [6, 6.07) is 3.94. The number of nitrogens with one attached hydrogen (secondary N) is 1. The Morgan fingerprint density at radius 2 is 2.33 bits per heavy atom. The maximum atomic E-state index is 11.8. The Morgan fingerprint density at radius 1 is 1.48 bits per heavy atom. The lowest BCUT2D eigenvalue weighted by molar-refractivity contribution is -0.122. The van der Waals surface area contributed by atoms with E-state index in [2.05, 4.69) is 25.8 Å². The van der Waals surface area contributed by atoms with Gasteiger partial charge in [-0.2, -0.15) is 0 Å². The molecule has 3 N–H and O–H groups in total. The molecular formula is C12H14N8O. The minimum atomic E-state index is -0.234. The zero-order chi connectivity index (χ0) is 14.8. The van der Waals surface area contributed by atoms with Crippen molar-refractivity contribution in [1.82, 2.24) is 34.9 Å². The van der Waals surface area contributed by atoms with Crippen molar-refractivity contribution < 1.29 is 4.79 Å². The predicted molar refractivity (Wildman–Crippen MR) is 74.0 cm³/mol. The van der Waals surface area contributed by atoms with Gasteiger partial charge in [0.05, 0.1) is 12.2 Å². The monoisotopic (exact) mass is 286 g/mol. The van der Waals surface area contributed by atoms with Gasteiger partial charge in [0.15, 0.2) is 0 Å². The van der Waals surface area contributed by atoms with E-state index in [4.69, 9.17) is 5.73 Å². The number of anilines is 1. The van der Waals surface area contributed by atoms with Crippen molar-refractivity contribution in [3.63, 3.8) is 0 Å². The predicted octanol–water partition coefficient (Wildman–Crippen LogP) is -0.472. The van der Waals surface area contributed by atoms with Crippen LogP contribution in [0.15, 0.2) is 24.5 Å². The van der Waals surface area contributed by atoms with E-state index in [1.54, 1.807) is 0 Å². The van der Waals surface area contributed by atoms with E-state index in [1.807, 2.05) is 35.9 Å². The second-order valence-electron chi connectivity index (χ2n) is 4.63. The van der Waals surface area contributed by atoms with E-state index < -0.39 is 0 Å². The van der Waals surface area contributed by atoms with Gasteiger partial charge in [-0.25, -0.2) is 9.67 Å². The van der Waals surface area contributed by atoms with Crippen LogP contribution in [-0.2, 0) is 17.9 Å². The highest BCUT2D eigenvalue weighted by Gasteiger charge is 2.09. The lowest BCUT2D eigenvalue weighted by Crippen LogP contribution is -2.28. The number of pyridine rings is 1. The Labute approximate surface area is 119 Å². The highest BCUT2D eigenvalue weighted by Crippen LogP contribution is 2.09. The molecule has 0 aliphatic heterocycles. The number of carbonyl (C=O) groups excluding carboxylic acids is 1. The van der Waals surface area contributed by atoms with Gasteiger partial charge in [-0.3, -0.25) is 4.79 Å². The highest BCUT2D eigenvalue weighted by molar-refractivity contribution is 5.75. The fourth-order valence-electron chi connectivity index (χ4n) is 1.99. The van der Waals surface area contributed by atoms with Crippen LogP contribution < -0.4 is 11.1 Å². The molecule has 3 rings (SSSR count). The number of tetrazole rings is 1. The zero-order valence-electron chi connectivity index (χ0n) is 11.4. The molecule has 0 fully saturated rings. The molecule has 21 heavy (non-hydrogen) atoms. The summed E-state index contributed by atoms with van der Waals surface area (Å²) >= 11 is 0. The van der Waals surface area contributed by atoms with E-state index >= 15 is 0 Å².